The highest BCUT2D eigenvalue weighted by Gasteiger charge is 2.35. The largest absolute Gasteiger partial charge is 0.390 e. The molecule has 1 saturated heterocycles. The molecule has 0 aromatic carbocycles. The molecule has 2 aliphatic rings. The van der Waals surface area contributed by atoms with Gasteiger partial charge < -0.3 is 10.0 Å². The van der Waals surface area contributed by atoms with Crippen LogP contribution in [0, 0.1) is 5.92 Å². The molecule has 0 aromatic heterocycles. The van der Waals surface area contributed by atoms with E-state index < -0.39 is 0 Å². The van der Waals surface area contributed by atoms with E-state index in [1.807, 2.05) is 0 Å². The molecule has 0 radical (unpaired) electrons. The maximum Gasteiger partial charge on any atom is 0.0648 e. The highest BCUT2D eigenvalue weighted by Crippen LogP contribution is 2.37. The standard InChI is InChI=1S/C12H23NO/c1-2-13-9-5-11(10-13)4-8-12(14)6-3-7-12/h11,14H,2-10H2,1H3. The van der Waals surface area contributed by atoms with Gasteiger partial charge >= 0.3 is 0 Å². The van der Waals surface area contributed by atoms with Gasteiger partial charge in [-0.3, -0.25) is 0 Å². The number of nitrogens with zero attached hydrogens (tertiary/aromatic N) is 1. The van der Waals surface area contributed by atoms with Crippen LogP contribution < -0.4 is 0 Å². The SMILES string of the molecule is CCN1CCC(CCC2(O)CCC2)C1. The van der Waals surface area contributed by atoms with E-state index in [0.717, 1.165) is 25.2 Å². The van der Waals surface area contributed by atoms with Gasteiger partial charge in [0.1, 0.15) is 0 Å². The van der Waals surface area contributed by atoms with Gasteiger partial charge in [-0.25, -0.2) is 0 Å². The first-order valence-electron chi connectivity index (χ1n) is 6.16. The fourth-order valence-corrected chi connectivity index (χ4v) is 2.74. The second-order valence-corrected chi connectivity index (χ2v) is 5.16. The molecule has 1 N–H and O–H groups in total. The second-order valence-electron chi connectivity index (χ2n) is 5.16. The molecule has 1 heterocycles. The van der Waals surface area contributed by atoms with Crippen molar-refractivity contribution in [2.75, 3.05) is 19.6 Å². The fourth-order valence-electron chi connectivity index (χ4n) is 2.74. The lowest BCUT2D eigenvalue weighted by molar-refractivity contribution is -0.0443. The topological polar surface area (TPSA) is 23.5 Å². The third-order valence-electron chi connectivity index (χ3n) is 4.12. The van der Waals surface area contributed by atoms with Crippen LogP contribution in [0.1, 0.15) is 45.4 Å². The van der Waals surface area contributed by atoms with Crippen LogP contribution in [0.25, 0.3) is 0 Å². The normalized spacial score (nSPS) is 31.7. The van der Waals surface area contributed by atoms with Crippen molar-refractivity contribution in [1.29, 1.82) is 0 Å². The first kappa shape index (κ1) is 10.4. The van der Waals surface area contributed by atoms with E-state index in [1.165, 1.54) is 38.9 Å². The molecule has 1 aliphatic carbocycles. The van der Waals surface area contributed by atoms with E-state index in [0.29, 0.717) is 0 Å². The van der Waals surface area contributed by atoms with Crippen LogP contribution in [-0.4, -0.2) is 35.2 Å². The van der Waals surface area contributed by atoms with Crippen molar-refractivity contribution in [2.45, 2.75) is 51.0 Å². The van der Waals surface area contributed by atoms with Gasteiger partial charge in [-0.1, -0.05) is 6.92 Å². The summed E-state index contributed by atoms with van der Waals surface area (Å²) < 4.78 is 0. The molecular weight excluding hydrogens is 174 g/mol. The molecule has 0 spiro atoms. The number of hydrogen-bond acceptors (Lipinski definition) is 2. The van der Waals surface area contributed by atoms with Crippen LogP contribution in [-0.2, 0) is 0 Å². The molecule has 1 unspecified atom stereocenters. The maximum atomic E-state index is 9.98. The van der Waals surface area contributed by atoms with Gasteiger partial charge in [0.15, 0.2) is 0 Å². The zero-order chi connectivity index (χ0) is 10.0. The van der Waals surface area contributed by atoms with Crippen molar-refractivity contribution < 1.29 is 5.11 Å². The van der Waals surface area contributed by atoms with E-state index in [-0.39, 0.29) is 5.60 Å². The van der Waals surface area contributed by atoms with Crippen molar-refractivity contribution in [3.63, 3.8) is 0 Å². The van der Waals surface area contributed by atoms with Crippen molar-refractivity contribution in [3.05, 3.63) is 0 Å². The third kappa shape index (κ3) is 2.29. The van der Waals surface area contributed by atoms with Crippen molar-refractivity contribution in [2.24, 2.45) is 5.92 Å². The van der Waals surface area contributed by atoms with Crippen LogP contribution in [0.2, 0.25) is 0 Å². The van der Waals surface area contributed by atoms with Crippen LogP contribution in [0.3, 0.4) is 0 Å². The summed E-state index contributed by atoms with van der Waals surface area (Å²) in [4.78, 5) is 2.52. The summed E-state index contributed by atoms with van der Waals surface area (Å²) in [5.74, 6) is 0.861. The summed E-state index contributed by atoms with van der Waals surface area (Å²) in [5, 5.41) is 9.98. The summed E-state index contributed by atoms with van der Waals surface area (Å²) >= 11 is 0. The number of rotatable bonds is 4. The molecular formula is C12H23NO. The Balaban J connectivity index is 1.66. The van der Waals surface area contributed by atoms with E-state index in [1.54, 1.807) is 0 Å². The van der Waals surface area contributed by atoms with Crippen molar-refractivity contribution in [3.8, 4) is 0 Å². The zero-order valence-corrected chi connectivity index (χ0v) is 9.34. The monoisotopic (exact) mass is 197 g/mol. The quantitative estimate of drug-likeness (QED) is 0.745. The average Bonchev–Trinajstić information content (AvgIpc) is 2.59. The molecule has 0 amide bonds. The van der Waals surface area contributed by atoms with E-state index in [4.69, 9.17) is 0 Å². The average molecular weight is 197 g/mol. The predicted octanol–water partition coefficient (Wildman–Crippen LogP) is 2.02. The van der Waals surface area contributed by atoms with Crippen LogP contribution in [0.15, 0.2) is 0 Å². The summed E-state index contributed by atoms with van der Waals surface area (Å²) in [5.41, 5.74) is -0.250. The van der Waals surface area contributed by atoms with Gasteiger partial charge in [0.25, 0.3) is 0 Å². The fraction of sp³-hybridized carbons (Fsp3) is 1.00. The Kier molecular flexibility index (Phi) is 3.13. The molecule has 2 heteroatoms. The number of likely N-dealkylation sites (tertiary alicyclic amines) is 1. The van der Waals surface area contributed by atoms with Crippen molar-refractivity contribution in [1.82, 2.24) is 4.90 Å². The van der Waals surface area contributed by atoms with Crippen molar-refractivity contribution >= 4 is 0 Å². The first-order chi connectivity index (χ1) is 6.72. The van der Waals surface area contributed by atoms with Gasteiger partial charge in [0.2, 0.25) is 0 Å². The Morgan fingerprint density at radius 2 is 2.21 bits per heavy atom. The molecule has 1 atom stereocenters. The van der Waals surface area contributed by atoms with Gasteiger partial charge in [-0.2, -0.15) is 0 Å². The lowest BCUT2D eigenvalue weighted by Crippen LogP contribution is -2.37. The highest BCUT2D eigenvalue weighted by atomic mass is 16.3. The second kappa shape index (κ2) is 4.19. The summed E-state index contributed by atoms with van der Waals surface area (Å²) in [6, 6.07) is 0. The molecule has 2 fully saturated rings. The lowest BCUT2D eigenvalue weighted by atomic mass is 9.76. The first-order valence-corrected chi connectivity index (χ1v) is 6.16. The number of hydrogen-bond donors (Lipinski definition) is 1. The maximum absolute atomic E-state index is 9.98. The van der Waals surface area contributed by atoms with E-state index in [2.05, 4.69) is 11.8 Å². The lowest BCUT2D eigenvalue weighted by Gasteiger charge is -2.37. The summed E-state index contributed by atoms with van der Waals surface area (Å²) in [6.45, 7) is 5.98. The molecule has 1 saturated carbocycles. The molecule has 14 heavy (non-hydrogen) atoms. The van der Waals surface area contributed by atoms with Crippen LogP contribution in [0.4, 0.5) is 0 Å². The summed E-state index contributed by atoms with van der Waals surface area (Å²) in [6.07, 6.45) is 6.99. The molecule has 2 nitrogen and oxygen atoms in total. The van der Waals surface area contributed by atoms with Gasteiger partial charge in [0, 0.05) is 6.54 Å². The third-order valence-corrected chi connectivity index (χ3v) is 4.12. The smallest absolute Gasteiger partial charge is 0.0648 e. The minimum Gasteiger partial charge on any atom is -0.390 e. The molecule has 2 rings (SSSR count). The minimum absolute atomic E-state index is 0.250. The van der Waals surface area contributed by atoms with E-state index in [9.17, 15) is 5.11 Å². The minimum atomic E-state index is -0.250. The van der Waals surface area contributed by atoms with Gasteiger partial charge in [-0.05, 0) is 57.5 Å². The molecule has 82 valence electrons. The van der Waals surface area contributed by atoms with Crippen LogP contribution in [0.5, 0.6) is 0 Å². The van der Waals surface area contributed by atoms with Crippen LogP contribution >= 0.6 is 0 Å². The molecule has 0 bridgehead atoms. The highest BCUT2D eigenvalue weighted by molar-refractivity contribution is 4.88. The Hall–Kier alpha value is -0.0800. The summed E-state index contributed by atoms with van der Waals surface area (Å²) in [7, 11) is 0. The molecule has 1 aliphatic heterocycles. The Labute approximate surface area is 87.3 Å². The molecule has 0 aromatic rings. The van der Waals surface area contributed by atoms with Gasteiger partial charge in [-0.15, -0.1) is 0 Å². The predicted molar refractivity (Wildman–Crippen MR) is 58.3 cm³/mol. The van der Waals surface area contributed by atoms with Gasteiger partial charge in [0.05, 0.1) is 5.60 Å². The Bertz CT molecular complexity index is 189. The number of aliphatic hydroxyl groups is 1. The van der Waals surface area contributed by atoms with E-state index >= 15 is 0 Å². The Morgan fingerprint density at radius 1 is 1.43 bits per heavy atom. The zero-order valence-electron chi connectivity index (χ0n) is 9.34. The Morgan fingerprint density at radius 3 is 2.71 bits per heavy atom.